The molecule has 54 valence electrons. The molecule has 10 heavy (non-hydrogen) atoms. The third-order valence-electron chi connectivity index (χ3n) is 0.874. The van der Waals surface area contributed by atoms with Crippen molar-refractivity contribution in [2.24, 2.45) is 0 Å². The smallest absolute Gasteiger partial charge is 0.550 e. The molecule has 3 nitrogen and oxygen atoms in total. The van der Waals surface area contributed by atoms with Crippen molar-refractivity contribution in [1.82, 2.24) is 0 Å². The van der Waals surface area contributed by atoms with Gasteiger partial charge in [-0.2, -0.15) is 0 Å². The summed E-state index contributed by atoms with van der Waals surface area (Å²) in [6, 6.07) is 0. The molecule has 4 heteroatoms. The van der Waals surface area contributed by atoms with Gasteiger partial charge < -0.3 is 14.6 Å². The Balaban J connectivity index is 0. The van der Waals surface area contributed by atoms with Crippen molar-refractivity contribution in [3.63, 3.8) is 0 Å². The first-order chi connectivity index (χ1) is 4.27. The molecular formula is C6H11NaO3. The third kappa shape index (κ3) is 11.3. The van der Waals surface area contributed by atoms with E-state index in [2.05, 4.69) is 0 Å². The van der Waals surface area contributed by atoms with Crippen LogP contribution in [0.4, 0.5) is 0 Å². The molecule has 0 fully saturated rings. The Morgan fingerprint density at radius 3 is 2.60 bits per heavy atom. The fourth-order valence-corrected chi connectivity index (χ4v) is 0.463. The Bertz CT molecular complexity index is 85.1. The second-order valence-electron chi connectivity index (χ2n) is 1.67. The minimum Gasteiger partial charge on any atom is -0.550 e. The Morgan fingerprint density at radius 1 is 1.60 bits per heavy atom. The first-order valence-corrected chi connectivity index (χ1v) is 3.05. The van der Waals surface area contributed by atoms with E-state index in [0.29, 0.717) is 19.6 Å². The third-order valence-corrected chi connectivity index (χ3v) is 0.874. The quantitative estimate of drug-likeness (QED) is 0.306. The van der Waals surface area contributed by atoms with Crippen LogP contribution in [0, 0.1) is 0 Å². The van der Waals surface area contributed by atoms with Crippen molar-refractivity contribution in [3.05, 3.63) is 0 Å². The summed E-state index contributed by atoms with van der Waals surface area (Å²) in [4.78, 5) is 9.80. The second-order valence-corrected chi connectivity index (χ2v) is 1.67. The van der Waals surface area contributed by atoms with Crippen LogP contribution in [0.2, 0.25) is 0 Å². The van der Waals surface area contributed by atoms with E-state index in [1.54, 1.807) is 0 Å². The maximum Gasteiger partial charge on any atom is 1.00 e. The van der Waals surface area contributed by atoms with Crippen LogP contribution in [0.5, 0.6) is 0 Å². The van der Waals surface area contributed by atoms with Gasteiger partial charge in [0.15, 0.2) is 0 Å². The monoisotopic (exact) mass is 154 g/mol. The number of carboxylic acid groups (broad SMARTS) is 1. The number of ether oxygens (including phenoxy) is 1. The minimum absolute atomic E-state index is 0. The van der Waals surface area contributed by atoms with Gasteiger partial charge in [-0.1, -0.05) is 0 Å². The van der Waals surface area contributed by atoms with Crippen molar-refractivity contribution < 1.29 is 44.2 Å². The maximum absolute atomic E-state index is 9.80. The van der Waals surface area contributed by atoms with Crippen molar-refractivity contribution in [3.8, 4) is 0 Å². The van der Waals surface area contributed by atoms with Gasteiger partial charge in [-0.15, -0.1) is 0 Å². The molecule has 0 aliphatic rings. The fourth-order valence-electron chi connectivity index (χ4n) is 0.463. The van der Waals surface area contributed by atoms with Crippen LogP contribution in [0.3, 0.4) is 0 Å². The summed E-state index contributed by atoms with van der Waals surface area (Å²) in [5.74, 6) is -1.00. The molecule has 0 aliphatic carbocycles. The molecule has 0 amide bonds. The molecule has 0 aromatic heterocycles. The number of rotatable bonds is 5. The molecule has 0 atom stereocenters. The summed E-state index contributed by atoms with van der Waals surface area (Å²) in [5, 5.41) is 9.80. The van der Waals surface area contributed by atoms with E-state index in [1.807, 2.05) is 6.92 Å². The molecule has 0 saturated carbocycles. The standard InChI is InChI=1S/C6H12O3.Na/c1-2-9-5-3-4-6(7)8;/h2-5H2,1H3,(H,7,8);/q;+1/p-1. The summed E-state index contributed by atoms with van der Waals surface area (Å²) in [6.07, 6.45) is 0.649. The molecule has 0 radical (unpaired) electrons. The van der Waals surface area contributed by atoms with Crippen molar-refractivity contribution >= 4 is 5.97 Å². The van der Waals surface area contributed by atoms with E-state index in [1.165, 1.54) is 0 Å². The van der Waals surface area contributed by atoms with Gasteiger partial charge in [0.05, 0.1) is 0 Å². The summed E-state index contributed by atoms with van der Waals surface area (Å²) in [6.45, 7) is 3.04. The summed E-state index contributed by atoms with van der Waals surface area (Å²) in [7, 11) is 0. The van der Waals surface area contributed by atoms with Crippen LogP contribution in [-0.2, 0) is 9.53 Å². The van der Waals surface area contributed by atoms with Gasteiger partial charge in [0, 0.05) is 19.2 Å². The first kappa shape index (κ1) is 13.1. The van der Waals surface area contributed by atoms with E-state index in [-0.39, 0.29) is 36.0 Å². The van der Waals surface area contributed by atoms with Crippen LogP contribution in [0.25, 0.3) is 0 Å². The molecule has 0 rings (SSSR count). The van der Waals surface area contributed by atoms with Crippen LogP contribution in [-0.4, -0.2) is 19.2 Å². The predicted molar refractivity (Wildman–Crippen MR) is 30.7 cm³/mol. The normalized spacial score (nSPS) is 8.50. The van der Waals surface area contributed by atoms with Gasteiger partial charge >= 0.3 is 29.6 Å². The number of carbonyl (C=O) groups excluding carboxylic acids is 1. The van der Waals surface area contributed by atoms with Gasteiger partial charge in [-0.25, -0.2) is 0 Å². The molecular weight excluding hydrogens is 143 g/mol. The number of aliphatic carboxylic acids is 1. The average molecular weight is 154 g/mol. The van der Waals surface area contributed by atoms with Crippen LogP contribution in [0.15, 0.2) is 0 Å². The van der Waals surface area contributed by atoms with Gasteiger partial charge in [0.2, 0.25) is 0 Å². The first-order valence-electron chi connectivity index (χ1n) is 3.05. The molecule has 0 bridgehead atoms. The average Bonchev–Trinajstić information content (AvgIpc) is 1.80. The van der Waals surface area contributed by atoms with Crippen LogP contribution >= 0.6 is 0 Å². The van der Waals surface area contributed by atoms with Crippen LogP contribution < -0.4 is 34.7 Å². The topological polar surface area (TPSA) is 49.4 Å². The van der Waals surface area contributed by atoms with Gasteiger partial charge in [-0.05, 0) is 19.8 Å². The number of hydrogen-bond donors (Lipinski definition) is 0. The molecule has 0 aliphatic heterocycles. The van der Waals surface area contributed by atoms with Crippen LogP contribution in [0.1, 0.15) is 19.8 Å². The molecule has 0 aromatic rings. The fraction of sp³-hybridized carbons (Fsp3) is 0.833. The van der Waals surface area contributed by atoms with E-state index in [9.17, 15) is 9.90 Å². The Labute approximate surface area is 83.0 Å². The molecule has 0 N–H and O–H groups in total. The van der Waals surface area contributed by atoms with Crippen molar-refractivity contribution in [1.29, 1.82) is 0 Å². The SMILES string of the molecule is CCOCCCC(=O)[O-].[Na+]. The van der Waals surface area contributed by atoms with E-state index < -0.39 is 5.97 Å². The molecule has 0 saturated heterocycles. The number of carbonyl (C=O) groups is 1. The number of carboxylic acids is 1. The predicted octanol–water partition coefficient (Wildman–Crippen LogP) is -3.44. The number of hydrogen-bond acceptors (Lipinski definition) is 3. The summed E-state index contributed by atoms with van der Waals surface area (Å²) in [5.41, 5.74) is 0. The summed E-state index contributed by atoms with van der Waals surface area (Å²) >= 11 is 0. The van der Waals surface area contributed by atoms with E-state index in [4.69, 9.17) is 4.74 Å². The molecule has 0 unspecified atom stereocenters. The molecule has 0 spiro atoms. The largest absolute Gasteiger partial charge is 1.00 e. The Morgan fingerprint density at radius 2 is 2.20 bits per heavy atom. The molecule has 0 heterocycles. The minimum atomic E-state index is -1.00. The zero-order chi connectivity index (χ0) is 7.11. The zero-order valence-corrected chi connectivity index (χ0v) is 8.55. The Hall–Kier alpha value is 0.430. The van der Waals surface area contributed by atoms with E-state index >= 15 is 0 Å². The van der Waals surface area contributed by atoms with Gasteiger partial charge in [0.1, 0.15) is 0 Å². The molecule has 0 aromatic carbocycles. The summed E-state index contributed by atoms with van der Waals surface area (Å²) < 4.78 is 4.89. The zero-order valence-electron chi connectivity index (χ0n) is 6.55. The van der Waals surface area contributed by atoms with Crippen molar-refractivity contribution in [2.75, 3.05) is 13.2 Å². The van der Waals surface area contributed by atoms with Crippen molar-refractivity contribution in [2.45, 2.75) is 19.8 Å². The second kappa shape index (κ2) is 9.43. The van der Waals surface area contributed by atoms with Gasteiger partial charge in [0.25, 0.3) is 0 Å². The Kier molecular flexibility index (Phi) is 12.3. The maximum atomic E-state index is 9.80. The van der Waals surface area contributed by atoms with Gasteiger partial charge in [-0.3, -0.25) is 0 Å². The van der Waals surface area contributed by atoms with E-state index in [0.717, 1.165) is 0 Å².